The Morgan fingerprint density at radius 3 is 2.52 bits per heavy atom. The highest BCUT2D eigenvalue weighted by Gasteiger charge is 2.48. The van der Waals surface area contributed by atoms with Crippen molar-refractivity contribution in [3.63, 3.8) is 0 Å². The number of nitrogens with zero attached hydrogens (tertiary/aromatic N) is 2. The van der Waals surface area contributed by atoms with E-state index in [1.165, 1.54) is 0 Å². The molecular formula is C16H26N2O3. The van der Waals surface area contributed by atoms with Crippen molar-refractivity contribution in [2.75, 3.05) is 26.2 Å². The summed E-state index contributed by atoms with van der Waals surface area (Å²) in [4.78, 5) is 27.9. The molecule has 2 saturated heterocycles. The van der Waals surface area contributed by atoms with Gasteiger partial charge in [0.2, 0.25) is 5.91 Å². The van der Waals surface area contributed by atoms with Crippen LogP contribution in [0.5, 0.6) is 0 Å². The van der Waals surface area contributed by atoms with E-state index in [9.17, 15) is 14.7 Å². The van der Waals surface area contributed by atoms with Gasteiger partial charge in [-0.2, -0.15) is 0 Å². The molecule has 1 N–H and O–H groups in total. The third-order valence-corrected chi connectivity index (χ3v) is 5.71. The number of carboxylic acid groups (broad SMARTS) is 1. The Morgan fingerprint density at radius 2 is 1.86 bits per heavy atom. The van der Waals surface area contributed by atoms with Crippen molar-refractivity contribution in [2.24, 2.45) is 17.8 Å². The summed E-state index contributed by atoms with van der Waals surface area (Å²) in [5.41, 5.74) is 0. The zero-order valence-electron chi connectivity index (χ0n) is 12.8. The highest BCUT2D eigenvalue weighted by Crippen LogP contribution is 2.42. The van der Waals surface area contributed by atoms with E-state index in [4.69, 9.17) is 0 Å². The first-order valence-electron chi connectivity index (χ1n) is 8.31. The molecule has 3 aliphatic rings. The molecular weight excluding hydrogens is 268 g/mol. The lowest BCUT2D eigenvalue weighted by Gasteiger charge is -2.32. The molecule has 1 amide bonds. The number of carbonyl (C=O) groups excluding carboxylic acids is 1. The molecule has 118 valence electrons. The van der Waals surface area contributed by atoms with Gasteiger partial charge in [-0.15, -0.1) is 0 Å². The average Bonchev–Trinajstić information content (AvgIpc) is 2.98. The number of carboxylic acids is 1. The fourth-order valence-corrected chi connectivity index (χ4v) is 4.43. The van der Waals surface area contributed by atoms with Crippen LogP contribution in [0.3, 0.4) is 0 Å². The van der Waals surface area contributed by atoms with Gasteiger partial charge in [0.05, 0.1) is 6.54 Å². The lowest BCUT2D eigenvalue weighted by atomic mass is 9.94. The summed E-state index contributed by atoms with van der Waals surface area (Å²) in [6.45, 7) is 4.97. The molecule has 0 aromatic carbocycles. The third kappa shape index (κ3) is 2.93. The summed E-state index contributed by atoms with van der Waals surface area (Å²) in [5, 5.41) is 9.52. The van der Waals surface area contributed by atoms with E-state index in [0.29, 0.717) is 18.4 Å². The highest BCUT2D eigenvalue weighted by molar-refractivity contribution is 5.80. The Balaban J connectivity index is 1.61. The first-order valence-corrected chi connectivity index (χ1v) is 8.31. The molecule has 1 aliphatic carbocycles. The summed E-state index contributed by atoms with van der Waals surface area (Å²) in [7, 11) is 0. The highest BCUT2D eigenvalue weighted by atomic mass is 16.4. The van der Waals surface area contributed by atoms with E-state index < -0.39 is 12.0 Å². The number of fused-ring (bicyclic) bond motifs is 1. The Hall–Kier alpha value is -1.10. The third-order valence-electron chi connectivity index (χ3n) is 5.71. The molecule has 3 atom stereocenters. The number of carbonyl (C=O) groups is 2. The molecule has 5 heteroatoms. The van der Waals surface area contributed by atoms with E-state index in [1.807, 2.05) is 9.80 Å². The minimum absolute atomic E-state index is 0.119. The van der Waals surface area contributed by atoms with Gasteiger partial charge < -0.3 is 10.0 Å². The van der Waals surface area contributed by atoms with Crippen LogP contribution < -0.4 is 0 Å². The summed E-state index contributed by atoms with van der Waals surface area (Å²) in [5.74, 6) is 0.821. The Kier molecular flexibility index (Phi) is 4.20. The Morgan fingerprint density at radius 1 is 1.14 bits per heavy atom. The lowest BCUT2D eigenvalue weighted by Crippen LogP contribution is -2.48. The summed E-state index contributed by atoms with van der Waals surface area (Å²) in [6, 6.07) is -0.440. The van der Waals surface area contributed by atoms with Crippen LogP contribution in [-0.2, 0) is 9.59 Å². The largest absolute Gasteiger partial charge is 0.480 e. The number of likely N-dealkylation sites (tertiary alicyclic amines) is 2. The van der Waals surface area contributed by atoms with Crippen LogP contribution in [0.15, 0.2) is 0 Å². The van der Waals surface area contributed by atoms with Crippen molar-refractivity contribution in [3.8, 4) is 0 Å². The van der Waals surface area contributed by atoms with Gasteiger partial charge in [0.1, 0.15) is 6.04 Å². The molecule has 0 aromatic heterocycles. The fourth-order valence-electron chi connectivity index (χ4n) is 4.43. The molecule has 2 aliphatic heterocycles. The second kappa shape index (κ2) is 5.95. The number of amides is 1. The minimum Gasteiger partial charge on any atom is -0.480 e. The van der Waals surface area contributed by atoms with E-state index in [2.05, 4.69) is 6.92 Å². The molecule has 0 spiro atoms. The first-order chi connectivity index (χ1) is 10.1. The van der Waals surface area contributed by atoms with Crippen molar-refractivity contribution < 1.29 is 14.7 Å². The smallest absolute Gasteiger partial charge is 0.321 e. The normalized spacial score (nSPS) is 34.1. The zero-order chi connectivity index (χ0) is 15.0. The van der Waals surface area contributed by atoms with Crippen LogP contribution in [0.25, 0.3) is 0 Å². The van der Waals surface area contributed by atoms with Gasteiger partial charge in [-0.3, -0.25) is 14.5 Å². The van der Waals surface area contributed by atoms with Crippen molar-refractivity contribution in [1.82, 2.24) is 9.80 Å². The van der Waals surface area contributed by atoms with Crippen LogP contribution in [0.1, 0.15) is 39.0 Å². The number of piperidine rings is 1. The SMILES string of the molecule is CC1CCN(C(=O)CN2CC3CCCC3C2C(=O)O)CC1. The van der Waals surface area contributed by atoms with Gasteiger partial charge in [0, 0.05) is 19.6 Å². The Bertz CT molecular complexity index is 418. The average molecular weight is 294 g/mol. The van der Waals surface area contributed by atoms with Gasteiger partial charge in [-0.1, -0.05) is 13.3 Å². The Labute approximate surface area is 126 Å². The molecule has 0 aromatic rings. The second-order valence-corrected chi connectivity index (χ2v) is 7.13. The monoisotopic (exact) mass is 294 g/mol. The number of rotatable bonds is 3. The second-order valence-electron chi connectivity index (χ2n) is 7.13. The van der Waals surface area contributed by atoms with Gasteiger partial charge >= 0.3 is 5.97 Å². The minimum atomic E-state index is -0.746. The molecule has 0 radical (unpaired) electrons. The molecule has 3 fully saturated rings. The van der Waals surface area contributed by atoms with Gasteiger partial charge in [0.25, 0.3) is 0 Å². The number of hydrogen-bond donors (Lipinski definition) is 1. The lowest BCUT2D eigenvalue weighted by molar-refractivity contribution is -0.145. The molecule has 5 nitrogen and oxygen atoms in total. The number of hydrogen-bond acceptors (Lipinski definition) is 3. The summed E-state index contributed by atoms with van der Waals surface area (Å²) < 4.78 is 0. The van der Waals surface area contributed by atoms with Crippen molar-refractivity contribution in [3.05, 3.63) is 0 Å². The summed E-state index contributed by atoms with van der Waals surface area (Å²) in [6.07, 6.45) is 5.41. The molecule has 0 bridgehead atoms. The predicted octanol–water partition coefficient (Wildman–Crippen LogP) is 1.43. The zero-order valence-corrected chi connectivity index (χ0v) is 12.8. The maximum Gasteiger partial charge on any atom is 0.321 e. The first kappa shape index (κ1) is 14.8. The van der Waals surface area contributed by atoms with E-state index in [1.54, 1.807) is 0 Å². The van der Waals surface area contributed by atoms with E-state index in [0.717, 1.165) is 51.7 Å². The molecule has 2 heterocycles. The van der Waals surface area contributed by atoms with Crippen LogP contribution in [0.4, 0.5) is 0 Å². The van der Waals surface area contributed by atoms with Gasteiger partial charge in [-0.05, 0) is 43.4 Å². The molecule has 3 rings (SSSR count). The molecule has 1 saturated carbocycles. The van der Waals surface area contributed by atoms with Crippen molar-refractivity contribution in [1.29, 1.82) is 0 Å². The van der Waals surface area contributed by atoms with E-state index >= 15 is 0 Å². The van der Waals surface area contributed by atoms with Crippen LogP contribution in [-0.4, -0.2) is 59.0 Å². The molecule has 3 unspecified atom stereocenters. The maximum absolute atomic E-state index is 12.4. The maximum atomic E-state index is 12.4. The fraction of sp³-hybridized carbons (Fsp3) is 0.875. The van der Waals surface area contributed by atoms with Crippen molar-refractivity contribution >= 4 is 11.9 Å². The van der Waals surface area contributed by atoms with Crippen LogP contribution in [0, 0.1) is 17.8 Å². The van der Waals surface area contributed by atoms with Crippen LogP contribution >= 0.6 is 0 Å². The standard InChI is InChI=1S/C16H26N2O3/c1-11-5-7-17(8-6-11)14(19)10-18-9-12-3-2-4-13(12)15(18)16(20)21/h11-13,15H,2-10H2,1H3,(H,20,21). The van der Waals surface area contributed by atoms with Crippen molar-refractivity contribution in [2.45, 2.75) is 45.1 Å². The topological polar surface area (TPSA) is 60.9 Å². The summed E-state index contributed by atoms with van der Waals surface area (Å²) >= 11 is 0. The van der Waals surface area contributed by atoms with Gasteiger partial charge in [0.15, 0.2) is 0 Å². The predicted molar refractivity (Wildman–Crippen MR) is 78.8 cm³/mol. The van der Waals surface area contributed by atoms with E-state index in [-0.39, 0.29) is 11.8 Å². The molecule has 21 heavy (non-hydrogen) atoms. The quantitative estimate of drug-likeness (QED) is 0.855. The van der Waals surface area contributed by atoms with Gasteiger partial charge in [-0.25, -0.2) is 0 Å². The van der Waals surface area contributed by atoms with Crippen LogP contribution in [0.2, 0.25) is 0 Å². The number of aliphatic carboxylic acids is 1.